The Morgan fingerprint density at radius 2 is 1.57 bits per heavy atom. The molecule has 0 aliphatic heterocycles. The summed E-state index contributed by atoms with van der Waals surface area (Å²) in [6.45, 7) is 2.68. The van der Waals surface area contributed by atoms with Crippen LogP contribution in [0.3, 0.4) is 0 Å². The summed E-state index contributed by atoms with van der Waals surface area (Å²) in [7, 11) is 4.26. The number of quaternary nitrogens is 1. The summed E-state index contributed by atoms with van der Waals surface area (Å²) in [4.78, 5) is 1.43. The number of rotatable bonds is 7. The molecule has 0 radical (unpaired) electrons. The molecule has 1 rings (SSSR count). The highest BCUT2D eigenvalue weighted by Crippen LogP contribution is 2.09. The van der Waals surface area contributed by atoms with Gasteiger partial charge in [0.1, 0.15) is 0 Å². The quantitative estimate of drug-likeness (QED) is 0.268. The van der Waals surface area contributed by atoms with Crippen LogP contribution in [0.25, 0.3) is 0 Å². The van der Waals surface area contributed by atoms with Crippen LogP contribution in [0.1, 0.15) is 12.0 Å². The number of benzene rings is 1. The molecule has 0 saturated heterocycles. The third-order valence-electron chi connectivity index (χ3n) is 3.04. The number of hydrazine groups is 1. The highest BCUT2D eigenvalue weighted by atomic mass is 35.5. The normalized spacial score (nSPS) is 10.3. The van der Waals surface area contributed by atoms with Gasteiger partial charge < -0.3 is 15.5 Å². The van der Waals surface area contributed by atoms with Crippen molar-refractivity contribution in [3.63, 3.8) is 0 Å². The average molecular weight is 375 g/mol. The number of hydrogen-bond acceptors (Lipinski definition) is 2. The minimum Gasteiger partial charge on any atom is -0.361 e. The number of hydrogen-bond donors (Lipinski definition) is 5. The molecular formula is C15H25ClN5S2+. The van der Waals surface area contributed by atoms with E-state index in [1.54, 1.807) is 0 Å². The summed E-state index contributed by atoms with van der Waals surface area (Å²) in [6, 6.07) is 7.79. The Hall–Kier alpha value is -1.15. The van der Waals surface area contributed by atoms with E-state index in [9.17, 15) is 0 Å². The van der Waals surface area contributed by atoms with Gasteiger partial charge in [0.2, 0.25) is 0 Å². The summed E-state index contributed by atoms with van der Waals surface area (Å²) < 4.78 is 0. The standard InChI is InChI=1S/C15H24ClN5S2/c1-21(2)11-3-9-17-14(22)19-20-15(23)18-10-8-12-4-6-13(16)7-5-12/h4-7H,3,8-11H2,1-2H3,(H2,17,19,22)(H2,18,20,23)/p+1. The van der Waals surface area contributed by atoms with Gasteiger partial charge in [0.15, 0.2) is 10.2 Å². The maximum Gasteiger partial charge on any atom is 0.185 e. The molecule has 0 saturated carbocycles. The molecule has 0 heterocycles. The maximum atomic E-state index is 5.85. The highest BCUT2D eigenvalue weighted by molar-refractivity contribution is 7.80. The molecule has 0 aliphatic carbocycles. The average Bonchev–Trinajstić information content (AvgIpc) is 2.51. The summed E-state index contributed by atoms with van der Waals surface area (Å²) in [5.74, 6) is 0. The van der Waals surface area contributed by atoms with Crippen molar-refractivity contribution in [3.05, 3.63) is 34.9 Å². The van der Waals surface area contributed by atoms with Crippen LogP contribution in [-0.2, 0) is 6.42 Å². The Morgan fingerprint density at radius 1 is 1.00 bits per heavy atom. The van der Waals surface area contributed by atoms with Crippen molar-refractivity contribution < 1.29 is 4.90 Å². The van der Waals surface area contributed by atoms with Crippen LogP contribution >= 0.6 is 36.0 Å². The molecule has 23 heavy (non-hydrogen) atoms. The van der Waals surface area contributed by atoms with E-state index in [1.807, 2.05) is 24.3 Å². The van der Waals surface area contributed by atoms with E-state index in [0.717, 1.165) is 37.5 Å². The van der Waals surface area contributed by atoms with Gasteiger partial charge >= 0.3 is 0 Å². The fourth-order valence-electron chi connectivity index (χ4n) is 1.82. The van der Waals surface area contributed by atoms with Crippen molar-refractivity contribution >= 4 is 46.3 Å². The van der Waals surface area contributed by atoms with E-state index >= 15 is 0 Å². The molecule has 1 aromatic carbocycles. The molecule has 5 N–H and O–H groups in total. The van der Waals surface area contributed by atoms with E-state index in [1.165, 1.54) is 10.5 Å². The van der Waals surface area contributed by atoms with Crippen LogP contribution in [-0.4, -0.2) is 44.0 Å². The molecule has 0 aliphatic rings. The monoisotopic (exact) mass is 374 g/mol. The van der Waals surface area contributed by atoms with E-state index in [0.29, 0.717) is 10.2 Å². The van der Waals surface area contributed by atoms with Crippen LogP contribution in [0.5, 0.6) is 0 Å². The topological polar surface area (TPSA) is 52.6 Å². The van der Waals surface area contributed by atoms with E-state index in [2.05, 4.69) is 35.6 Å². The van der Waals surface area contributed by atoms with Crippen LogP contribution in [0.4, 0.5) is 0 Å². The minimum atomic E-state index is 0.515. The van der Waals surface area contributed by atoms with Gasteiger partial charge in [0.25, 0.3) is 0 Å². The first-order valence-electron chi connectivity index (χ1n) is 7.58. The van der Waals surface area contributed by atoms with Crippen molar-refractivity contribution in [2.24, 2.45) is 0 Å². The summed E-state index contributed by atoms with van der Waals surface area (Å²) in [5.41, 5.74) is 6.94. The first-order valence-corrected chi connectivity index (χ1v) is 8.78. The minimum absolute atomic E-state index is 0.515. The van der Waals surface area contributed by atoms with Crippen molar-refractivity contribution in [3.8, 4) is 0 Å². The smallest absolute Gasteiger partial charge is 0.185 e. The largest absolute Gasteiger partial charge is 0.361 e. The molecule has 0 spiro atoms. The van der Waals surface area contributed by atoms with Gasteiger partial charge in [0.05, 0.1) is 20.6 Å². The molecule has 8 heteroatoms. The lowest BCUT2D eigenvalue weighted by Gasteiger charge is -2.14. The Morgan fingerprint density at radius 3 is 2.13 bits per heavy atom. The SMILES string of the molecule is C[NH+](C)CCCNC(=S)NNC(=S)NCCc1ccc(Cl)cc1. The predicted molar refractivity (Wildman–Crippen MR) is 105 cm³/mol. The number of thiocarbonyl (C=S) groups is 2. The van der Waals surface area contributed by atoms with Gasteiger partial charge in [-0.25, -0.2) is 0 Å². The van der Waals surface area contributed by atoms with Crippen LogP contribution in [0, 0.1) is 0 Å². The Kier molecular flexibility index (Phi) is 9.86. The predicted octanol–water partition coefficient (Wildman–Crippen LogP) is 0.260. The number of nitrogens with one attached hydrogen (secondary N) is 5. The fourth-order valence-corrected chi connectivity index (χ4v) is 2.25. The lowest BCUT2D eigenvalue weighted by atomic mass is 10.1. The molecule has 0 bridgehead atoms. The van der Waals surface area contributed by atoms with Gasteiger partial charge in [-0.2, -0.15) is 0 Å². The second-order valence-electron chi connectivity index (χ2n) is 5.45. The van der Waals surface area contributed by atoms with Gasteiger partial charge in [-0.1, -0.05) is 23.7 Å². The molecular weight excluding hydrogens is 350 g/mol. The van der Waals surface area contributed by atoms with Crippen molar-refractivity contribution in [2.75, 3.05) is 33.7 Å². The van der Waals surface area contributed by atoms with E-state index in [4.69, 9.17) is 36.0 Å². The Balaban J connectivity index is 2.07. The molecule has 0 unspecified atom stereocenters. The molecule has 128 valence electrons. The molecule has 0 atom stereocenters. The van der Waals surface area contributed by atoms with Crippen molar-refractivity contribution in [1.82, 2.24) is 21.5 Å². The Labute approximate surface area is 154 Å². The molecule has 5 nitrogen and oxygen atoms in total. The van der Waals surface area contributed by atoms with Crippen LogP contribution < -0.4 is 26.4 Å². The van der Waals surface area contributed by atoms with Crippen molar-refractivity contribution in [1.29, 1.82) is 0 Å². The lowest BCUT2D eigenvalue weighted by molar-refractivity contribution is -0.858. The zero-order chi connectivity index (χ0) is 17.1. The van der Waals surface area contributed by atoms with Gasteiger partial charge in [-0.05, 0) is 48.6 Å². The second-order valence-corrected chi connectivity index (χ2v) is 6.70. The van der Waals surface area contributed by atoms with Gasteiger partial charge in [0, 0.05) is 24.5 Å². The van der Waals surface area contributed by atoms with Gasteiger partial charge in [-0.3, -0.25) is 10.9 Å². The fraction of sp³-hybridized carbons (Fsp3) is 0.467. The second kappa shape index (κ2) is 11.4. The summed E-state index contributed by atoms with van der Waals surface area (Å²) in [5, 5.41) is 8.05. The summed E-state index contributed by atoms with van der Waals surface area (Å²) in [6.07, 6.45) is 1.93. The zero-order valence-electron chi connectivity index (χ0n) is 13.5. The molecule has 1 aromatic rings. The molecule has 0 fully saturated rings. The first-order chi connectivity index (χ1) is 11.0. The maximum absolute atomic E-state index is 5.85. The third-order valence-corrected chi connectivity index (χ3v) is 3.79. The van der Waals surface area contributed by atoms with Crippen LogP contribution in [0.15, 0.2) is 24.3 Å². The summed E-state index contributed by atoms with van der Waals surface area (Å²) >= 11 is 16.2. The highest BCUT2D eigenvalue weighted by Gasteiger charge is 1.99. The molecule has 0 aromatic heterocycles. The van der Waals surface area contributed by atoms with Gasteiger partial charge in [-0.15, -0.1) is 0 Å². The van der Waals surface area contributed by atoms with E-state index < -0.39 is 0 Å². The van der Waals surface area contributed by atoms with Crippen molar-refractivity contribution in [2.45, 2.75) is 12.8 Å². The zero-order valence-corrected chi connectivity index (χ0v) is 15.9. The number of halogens is 1. The third kappa shape index (κ3) is 10.3. The van der Waals surface area contributed by atoms with Crippen LogP contribution in [0.2, 0.25) is 5.02 Å². The first kappa shape index (κ1) is 19.9. The lowest BCUT2D eigenvalue weighted by Crippen LogP contribution is -3.05. The Bertz CT molecular complexity index is 493. The van der Waals surface area contributed by atoms with E-state index in [-0.39, 0.29) is 0 Å². The molecule has 0 amide bonds.